The number of aromatic nitrogens is 4. The van der Waals surface area contributed by atoms with Crippen molar-refractivity contribution in [2.75, 3.05) is 0 Å². The number of benzene rings is 3. The van der Waals surface area contributed by atoms with E-state index in [1.165, 1.54) is 0 Å². The van der Waals surface area contributed by atoms with E-state index in [2.05, 4.69) is 46.0 Å². The second kappa shape index (κ2) is 8.81. The summed E-state index contributed by atoms with van der Waals surface area (Å²) in [6.45, 7) is 2.06. The second-order valence-corrected chi connectivity index (χ2v) is 8.29. The van der Waals surface area contributed by atoms with Crippen LogP contribution in [0.5, 0.6) is 0 Å². The minimum absolute atomic E-state index is 0.633. The number of rotatable bonds is 4. The first-order valence-electron chi connectivity index (χ1n) is 10.3. The lowest BCUT2D eigenvalue weighted by Gasteiger charge is -2.10. The summed E-state index contributed by atoms with van der Waals surface area (Å²) in [5.41, 5.74) is 5.89. The van der Waals surface area contributed by atoms with Crippen molar-refractivity contribution < 1.29 is 0 Å². The van der Waals surface area contributed by atoms with E-state index >= 15 is 0 Å². The Morgan fingerprint density at radius 1 is 0.562 bits per heavy atom. The highest BCUT2D eigenvalue weighted by atomic mass is 79.9. The van der Waals surface area contributed by atoms with Crippen LogP contribution in [-0.2, 0) is 0 Å². The van der Waals surface area contributed by atoms with Crippen LogP contribution in [0.1, 0.15) is 5.56 Å². The van der Waals surface area contributed by atoms with Gasteiger partial charge in [-0.15, -0.1) is 0 Å². The van der Waals surface area contributed by atoms with Gasteiger partial charge in [0, 0.05) is 32.9 Å². The molecule has 2 heterocycles. The average Bonchev–Trinajstić information content (AvgIpc) is 2.86. The molecule has 2 aromatic heterocycles. The molecule has 0 atom stereocenters. The lowest BCUT2D eigenvalue weighted by atomic mass is 10.1. The number of hydrogen-bond donors (Lipinski definition) is 0. The summed E-state index contributed by atoms with van der Waals surface area (Å²) in [5.74, 6) is 1.93. The predicted octanol–water partition coefficient (Wildman–Crippen LogP) is 7.01. The van der Waals surface area contributed by atoms with Gasteiger partial charge in [0.1, 0.15) is 0 Å². The second-order valence-electron chi connectivity index (χ2n) is 7.44. The van der Waals surface area contributed by atoms with Crippen molar-refractivity contribution in [1.29, 1.82) is 0 Å². The summed E-state index contributed by atoms with van der Waals surface area (Å²) in [5, 5.41) is 0. The molecule has 0 unspecified atom stereocenters. The first-order valence-corrected chi connectivity index (χ1v) is 11.1. The lowest BCUT2D eigenvalue weighted by Crippen LogP contribution is -2.00. The van der Waals surface area contributed by atoms with E-state index in [1.807, 2.05) is 79.0 Å². The van der Waals surface area contributed by atoms with Gasteiger partial charge in [-0.05, 0) is 40.5 Å². The molecule has 154 valence electrons. The summed E-state index contributed by atoms with van der Waals surface area (Å²) < 4.78 is 0.995. The van der Waals surface area contributed by atoms with Crippen LogP contribution in [-0.4, -0.2) is 19.9 Å². The van der Waals surface area contributed by atoms with Crippen LogP contribution in [0.3, 0.4) is 0 Å². The molecule has 5 heteroatoms. The molecule has 4 nitrogen and oxygen atoms in total. The predicted molar refractivity (Wildman–Crippen MR) is 132 cm³/mol. The van der Waals surface area contributed by atoms with Gasteiger partial charge in [0.25, 0.3) is 0 Å². The lowest BCUT2D eigenvalue weighted by molar-refractivity contribution is 1.07. The van der Waals surface area contributed by atoms with Gasteiger partial charge in [-0.1, -0.05) is 78.9 Å². The number of pyridine rings is 1. The highest BCUT2D eigenvalue weighted by Crippen LogP contribution is 2.28. The van der Waals surface area contributed by atoms with Crippen molar-refractivity contribution in [2.24, 2.45) is 0 Å². The fraction of sp³-hybridized carbons (Fsp3) is 0.0370. The third kappa shape index (κ3) is 4.20. The molecule has 0 saturated heterocycles. The first-order chi connectivity index (χ1) is 15.7. The Morgan fingerprint density at radius 3 is 1.62 bits per heavy atom. The van der Waals surface area contributed by atoms with E-state index in [4.69, 9.17) is 15.0 Å². The molecule has 0 N–H and O–H groups in total. The average molecular weight is 479 g/mol. The molecule has 0 bridgehead atoms. The topological polar surface area (TPSA) is 51.6 Å². The number of halogens is 1. The molecule has 5 aromatic rings. The van der Waals surface area contributed by atoms with Crippen LogP contribution in [0.2, 0.25) is 0 Å². The van der Waals surface area contributed by atoms with Gasteiger partial charge in [-0.3, -0.25) is 4.98 Å². The number of nitrogens with zero attached hydrogens (tertiary/aromatic N) is 4. The maximum atomic E-state index is 4.82. The van der Waals surface area contributed by atoms with E-state index in [-0.39, 0.29) is 0 Å². The van der Waals surface area contributed by atoms with E-state index < -0.39 is 0 Å². The van der Waals surface area contributed by atoms with E-state index in [0.717, 1.165) is 38.0 Å². The standard InChI is InChI=1S/C27H19BrN4/c1-18-15-24(29-17-23(18)28)21-13-8-14-22(16-21)27-31-25(19-9-4-2-5-10-19)30-26(32-27)20-11-6-3-7-12-20/h2-17H,1H3. The largest absolute Gasteiger partial charge is 0.255 e. The summed E-state index contributed by atoms with van der Waals surface area (Å²) in [4.78, 5) is 19.0. The van der Waals surface area contributed by atoms with Gasteiger partial charge in [0.05, 0.1) is 5.69 Å². The van der Waals surface area contributed by atoms with Crippen molar-refractivity contribution >= 4 is 15.9 Å². The molecule has 0 fully saturated rings. The van der Waals surface area contributed by atoms with Gasteiger partial charge in [0.2, 0.25) is 0 Å². The van der Waals surface area contributed by atoms with Crippen LogP contribution in [0.25, 0.3) is 45.4 Å². The van der Waals surface area contributed by atoms with Gasteiger partial charge in [-0.25, -0.2) is 15.0 Å². The zero-order valence-corrected chi connectivity index (χ0v) is 19.0. The Balaban J connectivity index is 1.65. The van der Waals surface area contributed by atoms with Crippen LogP contribution >= 0.6 is 15.9 Å². The van der Waals surface area contributed by atoms with Gasteiger partial charge < -0.3 is 0 Å². The quantitative estimate of drug-likeness (QED) is 0.278. The van der Waals surface area contributed by atoms with Gasteiger partial charge in [0.15, 0.2) is 17.5 Å². The molecule has 0 radical (unpaired) electrons. The van der Waals surface area contributed by atoms with Crippen molar-refractivity contribution in [3.8, 4) is 45.4 Å². The number of aryl methyl sites for hydroxylation is 1. The SMILES string of the molecule is Cc1cc(-c2cccc(-c3nc(-c4ccccc4)nc(-c4ccccc4)n3)c2)ncc1Br. The maximum absolute atomic E-state index is 4.82. The highest BCUT2D eigenvalue weighted by molar-refractivity contribution is 9.10. The molecule has 0 saturated carbocycles. The normalized spacial score (nSPS) is 10.8. The molecule has 0 aliphatic heterocycles. The fourth-order valence-electron chi connectivity index (χ4n) is 3.45. The maximum Gasteiger partial charge on any atom is 0.164 e. The summed E-state index contributed by atoms with van der Waals surface area (Å²) in [6.07, 6.45) is 1.83. The third-order valence-corrected chi connectivity index (χ3v) is 5.99. The molecule has 32 heavy (non-hydrogen) atoms. The van der Waals surface area contributed by atoms with E-state index in [0.29, 0.717) is 17.5 Å². The summed E-state index contributed by atoms with van der Waals surface area (Å²) in [6, 6.07) is 30.2. The zero-order chi connectivity index (χ0) is 21.9. The smallest absolute Gasteiger partial charge is 0.164 e. The van der Waals surface area contributed by atoms with Crippen molar-refractivity contribution in [3.05, 3.63) is 107 Å². The summed E-state index contributed by atoms with van der Waals surface area (Å²) >= 11 is 3.52. The minimum Gasteiger partial charge on any atom is -0.255 e. The zero-order valence-electron chi connectivity index (χ0n) is 17.4. The minimum atomic E-state index is 0.633. The third-order valence-electron chi connectivity index (χ3n) is 5.16. The molecular formula is C27H19BrN4. The Morgan fingerprint density at radius 2 is 1.06 bits per heavy atom. The fourth-order valence-corrected chi connectivity index (χ4v) is 3.67. The highest BCUT2D eigenvalue weighted by Gasteiger charge is 2.13. The monoisotopic (exact) mass is 478 g/mol. The van der Waals surface area contributed by atoms with Gasteiger partial charge in [-0.2, -0.15) is 0 Å². The Hall–Kier alpha value is -3.70. The summed E-state index contributed by atoms with van der Waals surface area (Å²) in [7, 11) is 0. The molecule has 0 spiro atoms. The molecule has 3 aromatic carbocycles. The van der Waals surface area contributed by atoms with E-state index in [9.17, 15) is 0 Å². The van der Waals surface area contributed by atoms with Crippen molar-refractivity contribution in [2.45, 2.75) is 6.92 Å². The Bertz CT molecular complexity index is 1330. The van der Waals surface area contributed by atoms with Crippen molar-refractivity contribution in [3.63, 3.8) is 0 Å². The number of hydrogen-bond acceptors (Lipinski definition) is 4. The van der Waals surface area contributed by atoms with Crippen LogP contribution < -0.4 is 0 Å². The van der Waals surface area contributed by atoms with Gasteiger partial charge >= 0.3 is 0 Å². The van der Waals surface area contributed by atoms with Crippen LogP contribution in [0.15, 0.2) is 102 Å². The molecule has 0 aliphatic carbocycles. The Kier molecular flexibility index (Phi) is 5.57. The molecular weight excluding hydrogens is 460 g/mol. The molecule has 0 amide bonds. The molecule has 0 aliphatic rings. The Labute approximate surface area is 195 Å². The molecule has 5 rings (SSSR count). The van der Waals surface area contributed by atoms with Crippen molar-refractivity contribution in [1.82, 2.24) is 19.9 Å². The van der Waals surface area contributed by atoms with E-state index in [1.54, 1.807) is 0 Å². The van der Waals surface area contributed by atoms with Crippen LogP contribution in [0, 0.1) is 6.92 Å². The van der Waals surface area contributed by atoms with Crippen LogP contribution in [0.4, 0.5) is 0 Å². The first kappa shape index (κ1) is 20.2.